The molecule has 1 atom stereocenters. The molecule has 0 saturated heterocycles. The van der Waals surface area contributed by atoms with Crippen molar-refractivity contribution in [2.24, 2.45) is 0 Å². The predicted octanol–water partition coefficient (Wildman–Crippen LogP) is 5.11. The van der Waals surface area contributed by atoms with Gasteiger partial charge in [-0.15, -0.1) is 11.8 Å². The van der Waals surface area contributed by atoms with E-state index in [0.717, 1.165) is 4.90 Å². The van der Waals surface area contributed by atoms with E-state index in [1.807, 2.05) is 25.1 Å². The summed E-state index contributed by atoms with van der Waals surface area (Å²) < 4.78 is 0. The maximum Gasteiger partial charge on any atom is 0.255 e. The number of thioether (sulfide) groups is 1. The lowest BCUT2D eigenvalue weighted by Gasteiger charge is -2.14. The average molecular weight is 412 g/mol. The zero-order valence-corrected chi connectivity index (χ0v) is 16.6. The zero-order chi connectivity index (χ0) is 19.9. The molecule has 0 bridgehead atoms. The lowest BCUT2D eigenvalue weighted by Crippen LogP contribution is -2.22. The maximum atomic E-state index is 12.5. The minimum Gasteiger partial charge on any atom is -0.325 e. The number of anilines is 2. The van der Waals surface area contributed by atoms with Crippen LogP contribution in [0.1, 0.15) is 17.3 Å². The van der Waals surface area contributed by atoms with Crippen molar-refractivity contribution >= 4 is 46.6 Å². The summed E-state index contributed by atoms with van der Waals surface area (Å²) >= 11 is 7.55. The van der Waals surface area contributed by atoms with E-state index in [9.17, 15) is 9.59 Å². The van der Waals surface area contributed by atoms with Gasteiger partial charge in [-0.25, -0.2) is 0 Å². The highest BCUT2D eigenvalue weighted by molar-refractivity contribution is 8.00. The Balaban J connectivity index is 1.63. The summed E-state index contributed by atoms with van der Waals surface area (Å²) in [6, 6.07) is 17.7. The molecule has 0 aliphatic carbocycles. The fraction of sp³-hybridized carbons (Fsp3) is 0.0952. The largest absolute Gasteiger partial charge is 0.325 e. The number of pyridine rings is 1. The molecule has 3 rings (SSSR count). The molecule has 1 heterocycles. The Labute approximate surface area is 172 Å². The molecule has 142 valence electrons. The van der Waals surface area contributed by atoms with Crippen LogP contribution in [-0.4, -0.2) is 22.0 Å². The molecule has 28 heavy (non-hydrogen) atoms. The molecule has 2 N–H and O–H groups in total. The Morgan fingerprint density at radius 2 is 1.64 bits per heavy atom. The second-order valence-electron chi connectivity index (χ2n) is 5.95. The van der Waals surface area contributed by atoms with Gasteiger partial charge >= 0.3 is 0 Å². The Morgan fingerprint density at radius 1 is 0.964 bits per heavy atom. The van der Waals surface area contributed by atoms with Crippen LogP contribution in [0.2, 0.25) is 5.02 Å². The fourth-order valence-electron chi connectivity index (χ4n) is 2.41. The maximum absolute atomic E-state index is 12.5. The summed E-state index contributed by atoms with van der Waals surface area (Å²) in [7, 11) is 0. The van der Waals surface area contributed by atoms with Gasteiger partial charge in [0.25, 0.3) is 5.91 Å². The molecule has 2 aromatic carbocycles. The molecule has 0 spiro atoms. The summed E-state index contributed by atoms with van der Waals surface area (Å²) in [4.78, 5) is 29.5. The van der Waals surface area contributed by atoms with Gasteiger partial charge in [-0.3, -0.25) is 14.6 Å². The lowest BCUT2D eigenvalue weighted by atomic mass is 10.2. The number of hydrogen-bond acceptors (Lipinski definition) is 4. The molecule has 0 saturated carbocycles. The van der Waals surface area contributed by atoms with E-state index in [4.69, 9.17) is 11.6 Å². The van der Waals surface area contributed by atoms with E-state index in [-0.39, 0.29) is 17.1 Å². The van der Waals surface area contributed by atoms with Gasteiger partial charge in [-0.2, -0.15) is 0 Å². The number of nitrogens with zero attached hydrogens (tertiary/aromatic N) is 1. The normalized spacial score (nSPS) is 11.5. The van der Waals surface area contributed by atoms with Gasteiger partial charge in [0.05, 0.1) is 10.3 Å². The van der Waals surface area contributed by atoms with E-state index >= 15 is 0 Å². The number of halogens is 1. The molecule has 1 aromatic heterocycles. The average Bonchev–Trinajstić information content (AvgIpc) is 2.70. The molecule has 3 aromatic rings. The number of hydrogen-bond donors (Lipinski definition) is 2. The van der Waals surface area contributed by atoms with Crippen molar-refractivity contribution in [2.75, 3.05) is 10.6 Å². The third-order valence-corrected chi connectivity index (χ3v) is 5.46. The van der Waals surface area contributed by atoms with Crippen molar-refractivity contribution in [3.05, 3.63) is 83.6 Å². The summed E-state index contributed by atoms with van der Waals surface area (Å²) in [5, 5.41) is 5.96. The third-order valence-electron chi connectivity index (χ3n) is 3.84. The van der Waals surface area contributed by atoms with Crippen LogP contribution in [-0.2, 0) is 4.79 Å². The van der Waals surface area contributed by atoms with E-state index in [0.29, 0.717) is 22.0 Å². The number of amides is 2. The van der Waals surface area contributed by atoms with E-state index in [2.05, 4.69) is 15.6 Å². The van der Waals surface area contributed by atoms with Crippen LogP contribution in [0.4, 0.5) is 11.4 Å². The topological polar surface area (TPSA) is 71.1 Å². The summed E-state index contributed by atoms with van der Waals surface area (Å²) in [5.41, 5.74) is 1.70. The van der Waals surface area contributed by atoms with Crippen LogP contribution >= 0.6 is 23.4 Å². The lowest BCUT2D eigenvalue weighted by molar-refractivity contribution is -0.115. The first-order valence-corrected chi connectivity index (χ1v) is 9.82. The molecule has 7 heteroatoms. The first-order chi connectivity index (χ1) is 13.5. The van der Waals surface area contributed by atoms with Gasteiger partial charge in [0.2, 0.25) is 5.91 Å². The quantitative estimate of drug-likeness (QED) is 0.553. The standard InChI is InChI=1S/C21H18ClN3O2S/c1-14(28-19-8-3-2-7-18(19)22)20(26)24-16-5-4-6-17(13-16)25-21(27)15-9-11-23-12-10-15/h2-14H,1H3,(H,24,26)(H,25,27). The molecule has 0 aliphatic rings. The molecule has 0 fully saturated rings. The molecule has 1 unspecified atom stereocenters. The Kier molecular flexibility index (Phi) is 6.68. The Hall–Kier alpha value is -2.83. The smallest absolute Gasteiger partial charge is 0.255 e. The monoisotopic (exact) mass is 411 g/mol. The van der Waals surface area contributed by atoms with E-state index in [1.165, 1.54) is 11.8 Å². The van der Waals surface area contributed by atoms with Gasteiger partial charge < -0.3 is 10.6 Å². The van der Waals surface area contributed by atoms with Gasteiger partial charge in [0.1, 0.15) is 0 Å². The highest BCUT2D eigenvalue weighted by Crippen LogP contribution is 2.30. The highest BCUT2D eigenvalue weighted by atomic mass is 35.5. The van der Waals surface area contributed by atoms with Gasteiger partial charge in [0, 0.05) is 34.2 Å². The summed E-state index contributed by atoms with van der Waals surface area (Å²) in [6.45, 7) is 1.82. The molecule has 0 radical (unpaired) electrons. The van der Waals surface area contributed by atoms with Crippen molar-refractivity contribution in [1.29, 1.82) is 0 Å². The minimum absolute atomic E-state index is 0.150. The van der Waals surface area contributed by atoms with Crippen molar-refractivity contribution < 1.29 is 9.59 Å². The van der Waals surface area contributed by atoms with E-state index < -0.39 is 0 Å². The number of aromatic nitrogens is 1. The first kappa shape index (κ1) is 19.9. The van der Waals surface area contributed by atoms with Gasteiger partial charge in [0.15, 0.2) is 0 Å². The molecule has 2 amide bonds. The van der Waals surface area contributed by atoms with Gasteiger partial charge in [-0.05, 0) is 49.4 Å². The minimum atomic E-state index is -0.338. The number of rotatable bonds is 6. The van der Waals surface area contributed by atoms with Crippen LogP contribution in [0.25, 0.3) is 0 Å². The zero-order valence-electron chi connectivity index (χ0n) is 15.1. The Bertz CT molecular complexity index is 982. The SMILES string of the molecule is CC(Sc1ccccc1Cl)C(=O)Nc1cccc(NC(=O)c2ccncc2)c1. The number of benzene rings is 2. The molecule has 5 nitrogen and oxygen atoms in total. The van der Waals surface area contributed by atoms with Crippen LogP contribution in [0, 0.1) is 0 Å². The first-order valence-electron chi connectivity index (χ1n) is 8.56. The summed E-state index contributed by atoms with van der Waals surface area (Å²) in [5.74, 6) is -0.393. The van der Waals surface area contributed by atoms with E-state index in [1.54, 1.807) is 54.9 Å². The van der Waals surface area contributed by atoms with Crippen LogP contribution in [0.3, 0.4) is 0 Å². The number of carbonyl (C=O) groups excluding carboxylic acids is 2. The van der Waals surface area contributed by atoms with Crippen molar-refractivity contribution in [1.82, 2.24) is 4.98 Å². The third kappa shape index (κ3) is 5.34. The fourth-order valence-corrected chi connectivity index (χ4v) is 3.56. The predicted molar refractivity (Wildman–Crippen MR) is 114 cm³/mol. The Morgan fingerprint density at radius 3 is 2.36 bits per heavy atom. The van der Waals surface area contributed by atoms with Crippen molar-refractivity contribution in [2.45, 2.75) is 17.1 Å². The number of carbonyl (C=O) groups is 2. The van der Waals surface area contributed by atoms with Crippen LogP contribution < -0.4 is 10.6 Å². The molecular weight excluding hydrogens is 394 g/mol. The number of nitrogens with one attached hydrogen (secondary N) is 2. The second-order valence-corrected chi connectivity index (χ2v) is 7.74. The molecular formula is C21H18ClN3O2S. The van der Waals surface area contributed by atoms with Crippen LogP contribution in [0.15, 0.2) is 78.0 Å². The van der Waals surface area contributed by atoms with Gasteiger partial charge in [-0.1, -0.05) is 29.8 Å². The molecule has 0 aliphatic heterocycles. The summed E-state index contributed by atoms with van der Waals surface area (Å²) in [6.07, 6.45) is 3.12. The highest BCUT2D eigenvalue weighted by Gasteiger charge is 2.16. The van der Waals surface area contributed by atoms with Crippen molar-refractivity contribution in [3.63, 3.8) is 0 Å². The van der Waals surface area contributed by atoms with Crippen LogP contribution in [0.5, 0.6) is 0 Å². The second kappa shape index (κ2) is 9.39. The van der Waals surface area contributed by atoms with Crippen molar-refractivity contribution in [3.8, 4) is 0 Å².